The van der Waals surface area contributed by atoms with Gasteiger partial charge >= 0.3 is 12.2 Å². The zero-order valence-electron chi connectivity index (χ0n) is 36.7. The van der Waals surface area contributed by atoms with Gasteiger partial charge in [0, 0.05) is 85.1 Å². The third-order valence-electron chi connectivity index (χ3n) is 11.1. The second kappa shape index (κ2) is 22.8. The summed E-state index contributed by atoms with van der Waals surface area (Å²) >= 11 is 6.47. The van der Waals surface area contributed by atoms with Gasteiger partial charge in [0.25, 0.3) is 0 Å². The molecule has 0 spiro atoms. The van der Waals surface area contributed by atoms with Gasteiger partial charge < -0.3 is 44.2 Å². The SMILES string of the molecule is CCCCCCCCCCCCNc1nc(N2CCN(C(=O)OCc3ccccc3)CC2)nc(N2CCN(c3nc(Cl)nc(N4CCN(C(=O)OC(C)(C)C)CC4)n3)CC2)n1. The molecule has 3 aromatic rings. The van der Waals surface area contributed by atoms with E-state index < -0.39 is 5.60 Å². The molecule has 0 atom stereocenters. The third-order valence-corrected chi connectivity index (χ3v) is 11.3. The Labute approximate surface area is 366 Å². The van der Waals surface area contributed by atoms with E-state index in [1.54, 1.807) is 9.80 Å². The van der Waals surface area contributed by atoms with Crippen LogP contribution in [0, 0.1) is 0 Å². The molecule has 18 heteroatoms. The van der Waals surface area contributed by atoms with Gasteiger partial charge in [0.15, 0.2) is 0 Å². The van der Waals surface area contributed by atoms with E-state index in [2.05, 4.69) is 36.9 Å². The molecule has 5 heterocycles. The number of benzene rings is 1. The molecule has 6 rings (SSSR count). The Morgan fingerprint density at radius 1 is 0.590 bits per heavy atom. The van der Waals surface area contributed by atoms with Crippen LogP contribution in [0.3, 0.4) is 0 Å². The van der Waals surface area contributed by atoms with Crippen LogP contribution in [0.2, 0.25) is 5.28 Å². The molecule has 3 saturated heterocycles. The maximum atomic E-state index is 12.9. The molecule has 3 fully saturated rings. The number of aromatic nitrogens is 6. The number of ether oxygens (including phenoxy) is 2. The van der Waals surface area contributed by atoms with Crippen molar-refractivity contribution in [3.05, 3.63) is 41.2 Å². The zero-order chi connectivity index (χ0) is 43.0. The van der Waals surface area contributed by atoms with Crippen LogP contribution in [0.15, 0.2) is 30.3 Å². The highest BCUT2D eigenvalue weighted by atomic mass is 35.5. The Morgan fingerprint density at radius 2 is 1.02 bits per heavy atom. The maximum absolute atomic E-state index is 12.9. The first-order valence-electron chi connectivity index (χ1n) is 22.4. The topological polar surface area (TPSA) is 161 Å². The summed E-state index contributed by atoms with van der Waals surface area (Å²) in [5, 5.41) is 3.63. The molecule has 2 aromatic heterocycles. The Kier molecular flexibility index (Phi) is 17.0. The predicted octanol–water partition coefficient (Wildman–Crippen LogP) is 6.89. The van der Waals surface area contributed by atoms with Gasteiger partial charge in [-0.15, -0.1) is 0 Å². The van der Waals surface area contributed by atoms with Crippen LogP contribution < -0.4 is 24.9 Å². The van der Waals surface area contributed by atoms with Gasteiger partial charge in [-0.3, -0.25) is 0 Å². The highest BCUT2D eigenvalue weighted by Gasteiger charge is 2.30. The van der Waals surface area contributed by atoms with E-state index in [4.69, 9.17) is 41.0 Å². The zero-order valence-corrected chi connectivity index (χ0v) is 37.5. The molecular weight excluding hydrogens is 798 g/mol. The minimum absolute atomic E-state index is 0.127. The van der Waals surface area contributed by atoms with Crippen molar-refractivity contribution in [3.8, 4) is 0 Å². The number of piperazine rings is 3. The van der Waals surface area contributed by atoms with Crippen LogP contribution in [-0.2, 0) is 16.1 Å². The summed E-state index contributed by atoms with van der Waals surface area (Å²) in [5.74, 6) is 2.77. The van der Waals surface area contributed by atoms with E-state index in [1.807, 2.05) is 56.0 Å². The standard InChI is InChI=1S/C43H66ClN13O4/c1-5-6-7-8-9-10-11-12-13-17-20-45-36-48-39(51-40(49-36)55-25-29-56(30-26-55)41(58)60-33-34-18-15-14-16-19-34)54-23-21-52(22-24-54)37-46-35(44)47-38(50-37)53-27-31-57(32-28-53)42(59)61-43(2,3)4/h14-16,18-19H,5-13,17,20-33H2,1-4H3,(H,45,48,49,51). The van der Waals surface area contributed by atoms with Gasteiger partial charge in [-0.1, -0.05) is 95.0 Å². The molecule has 2 amide bonds. The van der Waals surface area contributed by atoms with Crippen LogP contribution in [0.25, 0.3) is 0 Å². The number of halogens is 1. The molecule has 1 aromatic carbocycles. The number of unbranched alkanes of at least 4 members (excludes halogenated alkanes) is 9. The third kappa shape index (κ3) is 14.3. The van der Waals surface area contributed by atoms with Gasteiger partial charge in [-0.05, 0) is 44.4 Å². The molecule has 0 radical (unpaired) electrons. The number of rotatable bonds is 18. The number of hydrogen-bond acceptors (Lipinski definition) is 15. The quantitative estimate of drug-likeness (QED) is 0.132. The van der Waals surface area contributed by atoms with Crippen molar-refractivity contribution in [1.29, 1.82) is 0 Å². The first-order chi connectivity index (χ1) is 29.5. The molecule has 0 unspecified atom stereocenters. The minimum Gasteiger partial charge on any atom is -0.445 e. The Bertz CT molecular complexity index is 1810. The van der Waals surface area contributed by atoms with E-state index in [1.165, 1.54) is 57.8 Å². The van der Waals surface area contributed by atoms with E-state index in [9.17, 15) is 9.59 Å². The second-order valence-corrected chi connectivity index (χ2v) is 17.4. The average molecular weight is 865 g/mol. The van der Waals surface area contributed by atoms with Crippen molar-refractivity contribution in [3.63, 3.8) is 0 Å². The first-order valence-corrected chi connectivity index (χ1v) is 22.8. The predicted molar refractivity (Wildman–Crippen MR) is 240 cm³/mol. The Morgan fingerprint density at radius 3 is 1.49 bits per heavy atom. The van der Waals surface area contributed by atoms with E-state index >= 15 is 0 Å². The lowest BCUT2D eigenvalue weighted by atomic mass is 10.1. The normalized spacial score (nSPS) is 16.2. The average Bonchev–Trinajstić information content (AvgIpc) is 3.27. The number of carbonyl (C=O) groups is 2. The first kappa shape index (κ1) is 45.6. The van der Waals surface area contributed by atoms with E-state index in [0.29, 0.717) is 108 Å². The lowest BCUT2D eigenvalue weighted by Gasteiger charge is -2.37. The van der Waals surface area contributed by atoms with Crippen LogP contribution in [0.1, 0.15) is 97.5 Å². The van der Waals surface area contributed by atoms with Crippen molar-refractivity contribution < 1.29 is 19.1 Å². The van der Waals surface area contributed by atoms with Crippen molar-refractivity contribution >= 4 is 53.5 Å². The lowest BCUT2D eigenvalue weighted by molar-refractivity contribution is 0.0240. The molecule has 0 aliphatic carbocycles. The molecule has 0 bridgehead atoms. The van der Waals surface area contributed by atoms with Gasteiger partial charge in [0.05, 0.1) is 0 Å². The van der Waals surface area contributed by atoms with Gasteiger partial charge in [0.1, 0.15) is 12.2 Å². The largest absolute Gasteiger partial charge is 0.445 e. The van der Waals surface area contributed by atoms with Crippen molar-refractivity contribution in [2.24, 2.45) is 0 Å². The second-order valence-electron chi connectivity index (χ2n) is 17.0. The van der Waals surface area contributed by atoms with Crippen LogP contribution >= 0.6 is 11.6 Å². The van der Waals surface area contributed by atoms with Gasteiger partial charge in [-0.25, -0.2) is 9.59 Å². The number of anilines is 5. The molecule has 3 aliphatic heterocycles. The van der Waals surface area contributed by atoms with Crippen LogP contribution in [-0.4, -0.2) is 143 Å². The monoisotopic (exact) mass is 864 g/mol. The Balaban J connectivity index is 1.05. The molecule has 17 nitrogen and oxygen atoms in total. The highest BCUT2D eigenvalue weighted by Crippen LogP contribution is 2.24. The lowest BCUT2D eigenvalue weighted by Crippen LogP contribution is -2.51. The summed E-state index contributed by atoms with van der Waals surface area (Å²) in [7, 11) is 0. The fourth-order valence-electron chi connectivity index (χ4n) is 7.56. The fraction of sp³-hybridized carbons (Fsp3) is 0.674. The summed E-state index contributed by atoms with van der Waals surface area (Å²) in [6, 6.07) is 9.72. The summed E-state index contributed by atoms with van der Waals surface area (Å²) < 4.78 is 11.2. The van der Waals surface area contributed by atoms with E-state index in [-0.39, 0.29) is 24.1 Å². The number of carbonyl (C=O) groups excluding carboxylic acids is 2. The summed E-state index contributed by atoms with van der Waals surface area (Å²) in [6.07, 6.45) is 12.1. The van der Waals surface area contributed by atoms with Crippen molar-refractivity contribution in [2.45, 2.75) is 104 Å². The maximum Gasteiger partial charge on any atom is 0.410 e. The minimum atomic E-state index is -0.552. The molecule has 61 heavy (non-hydrogen) atoms. The Hall–Kier alpha value is -4.93. The highest BCUT2D eigenvalue weighted by molar-refractivity contribution is 6.28. The molecule has 0 saturated carbocycles. The van der Waals surface area contributed by atoms with E-state index in [0.717, 1.165) is 18.5 Å². The molecular formula is C43H66ClN13O4. The van der Waals surface area contributed by atoms with Crippen molar-refractivity contribution in [1.82, 2.24) is 39.7 Å². The molecule has 3 aliphatic rings. The van der Waals surface area contributed by atoms with Gasteiger partial charge in [-0.2, -0.15) is 29.9 Å². The number of hydrogen-bond donors (Lipinski definition) is 1. The molecule has 334 valence electrons. The van der Waals surface area contributed by atoms with Gasteiger partial charge in [0.2, 0.25) is 35.0 Å². The molecule has 1 N–H and O–H groups in total. The fourth-order valence-corrected chi connectivity index (χ4v) is 7.71. The number of amides is 2. The summed E-state index contributed by atoms with van der Waals surface area (Å²) in [4.78, 5) is 65.9. The summed E-state index contributed by atoms with van der Waals surface area (Å²) in [5.41, 5.74) is 0.406. The smallest absolute Gasteiger partial charge is 0.410 e. The number of nitrogens with zero attached hydrogens (tertiary/aromatic N) is 12. The number of nitrogens with one attached hydrogen (secondary N) is 1. The van der Waals surface area contributed by atoms with Crippen LogP contribution in [0.4, 0.5) is 39.3 Å². The van der Waals surface area contributed by atoms with Crippen LogP contribution in [0.5, 0.6) is 0 Å². The van der Waals surface area contributed by atoms with Crippen molar-refractivity contribution in [2.75, 3.05) is 110 Å². The summed E-state index contributed by atoms with van der Waals surface area (Å²) in [6.45, 7) is 15.7.